The molecule has 126 valence electrons. The van der Waals surface area contributed by atoms with Crippen LogP contribution in [0.2, 0.25) is 0 Å². The molecule has 0 atom stereocenters. The summed E-state index contributed by atoms with van der Waals surface area (Å²) in [7, 11) is 0. The zero-order valence-corrected chi connectivity index (χ0v) is 13.9. The molecule has 0 heterocycles. The van der Waals surface area contributed by atoms with Gasteiger partial charge < -0.3 is 0 Å². The summed E-state index contributed by atoms with van der Waals surface area (Å²) in [6, 6.07) is 30.0. The van der Waals surface area contributed by atoms with Crippen LogP contribution in [0.5, 0.6) is 0 Å². The summed E-state index contributed by atoms with van der Waals surface area (Å²) in [5.41, 5.74) is 3.17. The lowest BCUT2D eigenvalue weighted by Gasteiger charge is -2.18. The fourth-order valence-corrected chi connectivity index (χ4v) is 3.73. The van der Waals surface area contributed by atoms with Gasteiger partial charge in [0.2, 0.25) is 0 Å². The molecule has 0 radical (unpaired) electrons. The van der Waals surface area contributed by atoms with E-state index in [9.17, 15) is 0 Å². The van der Waals surface area contributed by atoms with Crippen molar-refractivity contribution >= 4 is 21.5 Å². The zero-order valence-electron chi connectivity index (χ0n) is 13.9. The monoisotopic (exact) mass is 326 g/mol. The summed E-state index contributed by atoms with van der Waals surface area (Å²) in [6.07, 6.45) is 5.22. The molecule has 0 aromatic heterocycles. The molecule has 0 fully saturated rings. The third kappa shape index (κ3) is 3.58. The second-order valence-corrected chi connectivity index (χ2v) is 6.45. The summed E-state index contributed by atoms with van der Waals surface area (Å²) in [4.78, 5) is 0. The lowest BCUT2D eigenvalue weighted by Crippen LogP contribution is -2.02. The first kappa shape index (κ1) is 17.2. The van der Waals surface area contributed by atoms with Crippen molar-refractivity contribution in [2.24, 2.45) is 0 Å². The molecule has 0 spiro atoms. The second-order valence-electron chi connectivity index (χ2n) is 6.45. The molecule has 0 unspecified atom stereocenters. The topological polar surface area (TPSA) is 0 Å². The van der Waals surface area contributed by atoms with Gasteiger partial charge in [-0.2, -0.15) is 0 Å². The van der Waals surface area contributed by atoms with Gasteiger partial charge in [0.25, 0.3) is 0 Å². The molecule has 5 rings (SSSR count). The molecule has 0 amide bonds. The predicted octanol–water partition coefficient (Wildman–Crippen LogP) is 7.19. The molecule has 0 saturated carbocycles. The van der Waals surface area contributed by atoms with Crippen molar-refractivity contribution in [3.05, 3.63) is 96.1 Å². The molecule has 25 heavy (non-hydrogen) atoms. The SMILES string of the molecule is C.c1ccc2c(c1)ccc1c3c(ccc12)CCCC3.c1ccccc1. The van der Waals surface area contributed by atoms with E-state index in [2.05, 4.69) is 48.5 Å². The number of hydrogen-bond acceptors (Lipinski definition) is 0. The average Bonchev–Trinajstić information content (AvgIpc) is 2.69. The summed E-state index contributed by atoms with van der Waals surface area (Å²) < 4.78 is 0. The molecule has 4 aromatic carbocycles. The maximum Gasteiger partial charge on any atom is -0.0102 e. The van der Waals surface area contributed by atoms with Crippen molar-refractivity contribution in [3.63, 3.8) is 0 Å². The van der Waals surface area contributed by atoms with Crippen LogP contribution in [0.4, 0.5) is 0 Å². The minimum atomic E-state index is 0. The van der Waals surface area contributed by atoms with Crippen LogP contribution in [-0.4, -0.2) is 0 Å². The lowest BCUT2D eigenvalue weighted by atomic mass is 9.86. The molecular formula is C25H26. The standard InChI is InChI=1S/C18H16.C6H6.CH4/c1-3-7-15-13(5-1)9-11-18-16-8-4-2-6-14(16)10-12-17(15)18;1-2-4-6-5-3-1;/h1,3,5,7,9-12H,2,4,6,8H2;1-6H;1H4. The molecule has 0 nitrogen and oxygen atoms in total. The quantitative estimate of drug-likeness (QED) is 0.300. The molecule has 0 heteroatoms. The fraction of sp³-hybridized carbons (Fsp3) is 0.200. The van der Waals surface area contributed by atoms with Crippen molar-refractivity contribution in [3.8, 4) is 0 Å². The highest BCUT2D eigenvalue weighted by Crippen LogP contribution is 2.33. The Morgan fingerprint density at radius 3 is 1.88 bits per heavy atom. The van der Waals surface area contributed by atoms with Crippen LogP contribution in [0.1, 0.15) is 31.4 Å². The Labute approximate surface area is 151 Å². The van der Waals surface area contributed by atoms with Crippen LogP contribution in [0.3, 0.4) is 0 Å². The fourth-order valence-electron chi connectivity index (χ4n) is 3.73. The Bertz CT molecular complexity index is 925. The zero-order chi connectivity index (χ0) is 16.2. The Morgan fingerprint density at radius 2 is 1.12 bits per heavy atom. The number of fused-ring (bicyclic) bond motifs is 5. The first-order chi connectivity index (χ1) is 11.9. The summed E-state index contributed by atoms with van der Waals surface area (Å²) >= 11 is 0. The van der Waals surface area contributed by atoms with Gasteiger partial charge in [0.05, 0.1) is 0 Å². The third-order valence-corrected chi connectivity index (χ3v) is 4.92. The molecule has 1 aliphatic rings. The molecule has 0 saturated heterocycles. The van der Waals surface area contributed by atoms with Gasteiger partial charge >= 0.3 is 0 Å². The van der Waals surface area contributed by atoms with E-state index >= 15 is 0 Å². The minimum absolute atomic E-state index is 0. The van der Waals surface area contributed by atoms with Gasteiger partial charge in [-0.05, 0) is 58.4 Å². The Kier molecular flexibility index (Phi) is 5.50. The van der Waals surface area contributed by atoms with Gasteiger partial charge in [0.15, 0.2) is 0 Å². The number of rotatable bonds is 0. The van der Waals surface area contributed by atoms with Gasteiger partial charge in [0.1, 0.15) is 0 Å². The summed E-state index contributed by atoms with van der Waals surface area (Å²) in [6.45, 7) is 0. The van der Waals surface area contributed by atoms with Crippen molar-refractivity contribution < 1.29 is 0 Å². The first-order valence-corrected chi connectivity index (χ1v) is 8.86. The van der Waals surface area contributed by atoms with Gasteiger partial charge in [-0.1, -0.05) is 92.4 Å². The lowest BCUT2D eigenvalue weighted by molar-refractivity contribution is 0.690. The number of aryl methyl sites for hydroxylation is 2. The largest absolute Gasteiger partial charge is 0.0776 e. The van der Waals surface area contributed by atoms with E-state index in [0.29, 0.717) is 0 Å². The molecule has 1 aliphatic carbocycles. The summed E-state index contributed by atoms with van der Waals surface area (Å²) in [5, 5.41) is 5.64. The Balaban J connectivity index is 0.000000224. The highest BCUT2D eigenvalue weighted by atomic mass is 14.2. The van der Waals surface area contributed by atoms with Crippen molar-refractivity contribution in [1.82, 2.24) is 0 Å². The van der Waals surface area contributed by atoms with E-state index < -0.39 is 0 Å². The smallest absolute Gasteiger partial charge is 0.0102 e. The van der Waals surface area contributed by atoms with Crippen molar-refractivity contribution in [2.45, 2.75) is 33.1 Å². The van der Waals surface area contributed by atoms with Crippen LogP contribution in [-0.2, 0) is 12.8 Å². The molecule has 4 aromatic rings. The van der Waals surface area contributed by atoms with E-state index in [1.807, 2.05) is 36.4 Å². The van der Waals surface area contributed by atoms with Gasteiger partial charge in [0, 0.05) is 0 Å². The molecular weight excluding hydrogens is 300 g/mol. The summed E-state index contributed by atoms with van der Waals surface area (Å²) in [5.74, 6) is 0. The van der Waals surface area contributed by atoms with E-state index in [1.54, 1.807) is 11.1 Å². The average molecular weight is 326 g/mol. The molecule has 0 bridgehead atoms. The third-order valence-electron chi connectivity index (χ3n) is 4.92. The van der Waals surface area contributed by atoms with Crippen molar-refractivity contribution in [1.29, 1.82) is 0 Å². The number of hydrogen-bond donors (Lipinski definition) is 0. The van der Waals surface area contributed by atoms with E-state index in [0.717, 1.165) is 0 Å². The maximum atomic E-state index is 2.35. The van der Waals surface area contributed by atoms with Gasteiger partial charge in [-0.3, -0.25) is 0 Å². The van der Waals surface area contributed by atoms with E-state index in [-0.39, 0.29) is 7.43 Å². The van der Waals surface area contributed by atoms with Crippen LogP contribution in [0.15, 0.2) is 84.9 Å². The Hall–Kier alpha value is -2.60. The van der Waals surface area contributed by atoms with Crippen LogP contribution < -0.4 is 0 Å². The van der Waals surface area contributed by atoms with E-state index in [1.165, 1.54) is 47.2 Å². The highest BCUT2D eigenvalue weighted by Gasteiger charge is 2.13. The number of benzene rings is 4. The Morgan fingerprint density at radius 1 is 0.480 bits per heavy atom. The van der Waals surface area contributed by atoms with Gasteiger partial charge in [-0.25, -0.2) is 0 Å². The van der Waals surface area contributed by atoms with Crippen LogP contribution in [0.25, 0.3) is 21.5 Å². The molecule has 0 N–H and O–H groups in total. The second kappa shape index (κ2) is 7.98. The van der Waals surface area contributed by atoms with E-state index in [4.69, 9.17) is 0 Å². The maximum absolute atomic E-state index is 2.35. The van der Waals surface area contributed by atoms with Crippen LogP contribution in [0, 0.1) is 0 Å². The normalized spacial score (nSPS) is 12.6. The van der Waals surface area contributed by atoms with Crippen LogP contribution >= 0.6 is 0 Å². The predicted molar refractivity (Wildman–Crippen MR) is 111 cm³/mol. The van der Waals surface area contributed by atoms with Crippen molar-refractivity contribution in [2.75, 3.05) is 0 Å². The molecule has 0 aliphatic heterocycles. The van der Waals surface area contributed by atoms with Gasteiger partial charge in [-0.15, -0.1) is 0 Å². The first-order valence-electron chi connectivity index (χ1n) is 8.86. The minimum Gasteiger partial charge on any atom is -0.0776 e. The highest BCUT2D eigenvalue weighted by molar-refractivity contribution is 6.08.